The summed E-state index contributed by atoms with van der Waals surface area (Å²) in [6.07, 6.45) is 1.60. The minimum absolute atomic E-state index is 0.220. The average Bonchev–Trinajstić information content (AvgIpc) is 2.59. The first-order valence-corrected chi connectivity index (χ1v) is 7.75. The summed E-state index contributed by atoms with van der Waals surface area (Å²) in [7, 11) is 3.07. The van der Waals surface area contributed by atoms with Gasteiger partial charge in [-0.25, -0.2) is 4.79 Å². The van der Waals surface area contributed by atoms with Gasteiger partial charge in [0, 0.05) is 0 Å². The predicted octanol–water partition coefficient (Wildman–Crippen LogP) is 2.85. The van der Waals surface area contributed by atoms with Gasteiger partial charge in [-0.15, -0.1) is 0 Å². The zero-order valence-electron chi connectivity index (χ0n) is 14.8. The number of hydrogen-bond donors (Lipinski definition) is 0. The SMILES string of the molecule is CCOC(=O)/C(=C/c1ccc(OC)c(OC)c1)C(C)C(=O)OCC. The summed E-state index contributed by atoms with van der Waals surface area (Å²) in [4.78, 5) is 24.2. The van der Waals surface area contributed by atoms with E-state index in [0.717, 1.165) is 0 Å². The van der Waals surface area contributed by atoms with Crippen LogP contribution in [0.1, 0.15) is 26.3 Å². The minimum atomic E-state index is -0.739. The van der Waals surface area contributed by atoms with Crippen molar-refractivity contribution >= 4 is 18.0 Å². The molecule has 1 rings (SSSR count). The van der Waals surface area contributed by atoms with Gasteiger partial charge < -0.3 is 18.9 Å². The van der Waals surface area contributed by atoms with E-state index in [2.05, 4.69) is 0 Å². The van der Waals surface area contributed by atoms with E-state index < -0.39 is 17.9 Å². The molecule has 6 nitrogen and oxygen atoms in total. The largest absolute Gasteiger partial charge is 0.493 e. The van der Waals surface area contributed by atoms with Crippen molar-refractivity contribution < 1.29 is 28.5 Å². The van der Waals surface area contributed by atoms with Crippen molar-refractivity contribution in [2.45, 2.75) is 20.8 Å². The molecule has 0 saturated heterocycles. The zero-order chi connectivity index (χ0) is 18.1. The molecule has 24 heavy (non-hydrogen) atoms. The van der Waals surface area contributed by atoms with Gasteiger partial charge in [0.05, 0.1) is 38.9 Å². The van der Waals surface area contributed by atoms with Crippen molar-refractivity contribution in [2.24, 2.45) is 5.92 Å². The summed E-state index contributed by atoms with van der Waals surface area (Å²) < 4.78 is 20.5. The van der Waals surface area contributed by atoms with Gasteiger partial charge in [0.15, 0.2) is 11.5 Å². The van der Waals surface area contributed by atoms with Crippen LogP contribution in [-0.2, 0) is 19.1 Å². The first-order valence-electron chi connectivity index (χ1n) is 7.75. The van der Waals surface area contributed by atoms with Crippen molar-refractivity contribution in [3.63, 3.8) is 0 Å². The summed E-state index contributed by atoms with van der Waals surface area (Å²) in [5.74, 6) is -0.661. The Morgan fingerprint density at radius 1 is 1.04 bits per heavy atom. The van der Waals surface area contributed by atoms with Gasteiger partial charge in [-0.3, -0.25) is 4.79 Å². The molecule has 1 aromatic carbocycles. The third-order valence-electron chi connectivity index (χ3n) is 3.35. The van der Waals surface area contributed by atoms with Crippen LogP contribution in [0, 0.1) is 5.92 Å². The number of carbonyl (C=O) groups excluding carboxylic acids is 2. The average molecular weight is 336 g/mol. The molecule has 0 amide bonds. The second-order valence-corrected chi connectivity index (χ2v) is 4.91. The molecule has 0 heterocycles. The maximum atomic E-state index is 12.2. The van der Waals surface area contributed by atoms with Gasteiger partial charge in [-0.2, -0.15) is 0 Å². The van der Waals surface area contributed by atoms with Crippen LogP contribution >= 0.6 is 0 Å². The van der Waals surface area contributed by atoms with Crippen molar-refractivity contribution in [3.05, 3.63) is 29.3 Å². The highest BCUT2D eigenvalue weighted by Gasteiger charge is 2.25. The molecule has 0 saturated carbocycles. The summed E-state index contributed by atoms with van der Waals surface area (Å²) >= 11 is 0. The highest BCUT2D eigenvalue weighted by molar-refractivity contribution is 5.99. The highest BCUT2D eigenvalue weighted by atomic mass is 16.5. The van der Waals surface area contributed by atoms with Crippen LogP contribution in [0.25, 0.3) is 6.08 Å². The van der Waals surface area contributed by atoms with Gasteiger partial charge in [-0.1, -0.05) is 6.07 Å². The van der Waals surface area contributed by atoms with Gasteiger partial charge in [0.2, 0.25) is 0 Å². The maximum absolute atomic E-state index is 12.2. The molecule has 0 fully saturated rings. The minimum Gasteiger partial charge on any atom is -0.493 e. The van der Waals surface area contributed by atoms with Crippen molar-refractivity contribution in [1.29, 1.82) is 0 Å². The normalized spacial score (nSPS) is 12.3. The Balaban J connectivity index is 3.25. The monoisotopic (exact) mass is 336 g/mol. The van der Waals surface area contributed by atoms with Crippen LogP contribution in [0.4, 0.5) is 0 Å². The van der Waals surface area contributed by atoms with Crippen LogP contribution in [0.2, 0.25) is 0 Å². The van der Waals surface area contributed by atoms with Gasteiger partial charge >= 0.3 is 11.9 Å². The first kappa shape index (κ1) is 19.5. The van der Waals surface area contributed by atoms with Crippen LogP contribution in [-0.4, -0.2) is 39.4 Å². The molecular weight excluding hydrogens is 312 g/mol. The van der Waals surface area contributed by atoms with Crippen LogP contribution < -0.4 is 9.47 Å². The zero-order valence-corrected chi connectivity index (χ0v) is 14.8. The molecule has 1 aromatic rings. The summed E-state index contributed by atoms with van der Waals surface area (Å²) in [5, 5.41) is 0. The molecule has 0 aliphatic rings. The van der Waals surface area contributed by atoms with E-state index in [4.69, 9.17) is 18.9 Å². The Morgan fingerprint density at radius 3 is 2.21 bits per heavy atom. The third-order valence-corrected chi connectivity index (χ3v) is 3.35. The smallest absolute Gasteiger partial charge is 0.334 e. The fourth-order valence-corrected chi connectivity index (χ4v) is 2.09. The van der Waals surface area contributed by atoms with Gasteiger partial charge in [0.1, 0.15) is 0 Å². The Hall–Kier alpha value is -2.50. The Kier molecular flexibility index (Phi) is 7.82. The molecular formula is C18H24O6. The molecule has 0 aliphatic carbocycles. The number of ether oxygens (including phenoxy) is 4. The Morgan fingerprint density at radius 2 is 1.67 bits per heavy atom. The molecule has 0 bridgehead atoms. The van der Waals surface area contributed by atoms with Gasteiger partial charge in [-0.05, 0) is 44.5 Å². The first-order chi connectivity index (χ1) is 11.5. The molecule has 6 heteroatoms. The van der Waals surface area contributed by atoms with Crippen molar-refractivity contribution in [2.75, 3.05) is 27.4 Å². The van der Waals surface area contributed by atoms with Crippen LogP contribution in [0.3, 0.4) is 0 Å². The molecule has 132 valence electrons. The molecule has 1 atom stereocenters. The number of carbonyl (C=O) groups is 2. The lowest BCUT2D eigenvalue weighted by Crippen LogP contribution is -2.22. The van der Waals surface area contributed by atoms with Crippen molar-refractivity contribution in [3.8, 4) is 11.5 Å². The molecule has 0 spiro atoms. The summed E-state index contributed by atoms with van der Waals surface area (Å²) in [6, 6.07) is 5.21. The topological polar surface area (TPSA) is 71.1 Å². The lowest BCUT2D eigenvalue weighted by atomic mass is 9.98. The number of benzene rings is 1. The molecule has 0 aromatic heterocycles. The lowest BCUT2D eigenvalue weighted by molar-refractivity contribution is -0.149. The van der Waals surface area contributed by atoms with Crippen LogP contribution in [0.5, 0.6) is 11.5 Å². The van der Waals surface area contributed by atoms with E-state index >= 15 is 0 Å². The Labute approximate surface area is 142 Å². The number of esters is 2. The summed E-state index contributed by atoms with van der Waals surface area (Å²) in [6.45, 7) is 5.50. The lowest BCUT2D eigenvalue weighted by Gasteiger charge is -2.14. The van der Waals surface area contributed by atoms with E-state index in [1.165, 1.54) is 7.11 Å². The predicted molar refractivity (Wildman–Crippen MR) is 90.0 cm³/mol. The molecule has 0 N–H and O–H groups in total. The molecule has 1 unspecified atom stereocenters. The number of hydrogen-bond acceptors (Lipinski definition) is 6. The molecule has 0 radical (unpaired) electrons. The van der Waals surface area contributed by atoms with E-state index in [1.807, 2.05) is 0 Å². The standard InChI is InChI=1S/C18H24O6/c1-6-23-17(19)12(3)14(18(20)24-7-2)10-13-8-9-15(21-4)16(11-13)22-5/h8-12H,6-7H2,1-5H3/b14-10+. The number of rotatable bonds is 8. The van der Waals surface area contributed by atoms with Gasteiger partial charge in [0.25, 0.3) is 0 Å². The fourth-order valence-electron chi connectivity index (χ4n) is 2.09. The van der Waals surface area contributed by atoms with Crippen molar-refractivity contribution in [1.82, 2.24) is 0 Å². The number of methoxy groups -OCH3 is 2. The maximum Gasteiger partial charge on any atom is 0.334 e. The third kappa shape index (κ3) is 5.01. The highest BCUT2D eigenvalue weighted by Crippen LogP contribution is 2.29. The second kappa shape index (κ2) is 9.60. The molecule has 0 aliphatic heterocycles. The van der Waals surface area contributed by atoms with Crippen LogP contribution in [0.15, 0.2) is 23.8 Å². The Bertz CT molecular complexity index is 606. The van der Waals surface area contributed by atoms with E-state index in [1.54, 1.807) is 52.2 Å². The van der Waals surface area contributed by atoms with E-state index in [-0.39, 0.29) is 18.8 Å². The second-order valence-electron chi connectivity index (χ2n) is 4.91. The van der Waals surface area contributed by atoms with E-state index in [0.29, 0.717) is 17.1 Å². The summed E-state index contributed by atoms with van der Waals surface area (Å²) in [5.41, 5.74) is 0.911. The fraction of sp³-hybridized carbons (Fsp3) is 0.444. The quantitative estimate of drug-likeness (QED) is 0.537. The van der Waals surface area contributed by atoms with E-state index in [9.17, 15) is 9.59 Å².